The van der Waals surface area contributed by atoms with Crippen molar-refractivity contribution >= 4 is 5.97 Å². The Morgan fingerprint density at radius 3 is 2.57 bits per heavy atom. The maximum atomic E-state index is 11.5. The van der Waals surface area contributed by atoms with Gasteiger partial charge in [-0.25, -0.2) is 0 Å². The van der Waals surface area contributed by atoms with Crippen LogP contribution in [-0.4, -0.2) is 30.8 Å². The first-order chi connectivity index (χ1) is 6.60. The Bertz CT molecular complexity index is 173. The zero-order chi connectivity index (χ0) is 11.0. The van der Waals surface area contributed by atoms with Gasteiger partial charge in [-0.15, -0.1) is 0 Å². The largest absolute Gasteiger partial charge is 0.466 e. The van der Waals surface area contributed by atoms with Crippen LogP contribution in [-0.2, 0) is 9.53 Å². The van der Waals surface area contributed by atoms with Crippen molar-refractivity contribution in [2.45, 2.75) is 33.1 Å². The molecule has 0 aromatic rings. The van der Waals surface area contributed by atoms with Crippen LogP contribution >= 0.6 is 0 Å². The molecule has 0 heterocycles. The third kappa shape index (κ3) is 4.07. The number of hydrogen-bond donors (Lipinski definition) is 2. The van der Waals surface area contributed by atoms with Gasteiger partial charge in [-0.3, -0.25) is 4.79 Å². The fourth-order valence-electron chi connectivity index (χ4n) is 1.22. The number of nitrogens with two attached hydrogens (primary N) is 1. The number of aliphatic hydroxyl groups excluding tert-OH is 1. The Balaban J connectivity index is 4.09. The van der Waals surface area contributed by atoms with Crippen molar-refractivity contribution in [1.82, 2.24) is 0 Å². The molecule has 0 aromatic heterocycles. The average Bonchev–Trinajstić information content (AvgIpc) is 2.18. The summed E-state index contributed by atoms with van der Waals surface area (Å²) in [6.45, 7) is 4.42. The van der Waals surface area contributed by atoms with E-state index in [0.29, 0.717) is 19.4 Å². The molecule has 0 spiro atoms. The fraction of sp³-hybridized carbons (Fsp3) is 0.900. The molecule has 0 aliphatic heterocycles. The van der Waals surface area contributed by atoms with Gasteiger partial charge < -0.3 is 15.6 Å². The Labute approximate surface area is 85.4 Å². The zero-order valence-electron chi connectivity index (χ0n) is 9.08. The first-order valence-electron chi connectivity index (χ1n) is 5.09. The minimum atomic E-state index is -0.592. The number of ether oxygens (including phenoxy) is 1. The molecule has 14 heavy (non-hydrogen) atoms. The van der Waals surface area contributed by atoms with Gasteiger partial charge in [0.25, 0.3) is 0 Å². The van der Waals surface area contributed by atoms with E-state index in [2.05, 4.69) is 0 Å². The lowest BCUT2D eigenvalue weighted by Crippen LogP contribution is -2.37. The van der Waals surface area contributed by atoms with Gasteiger partial charge in [-0.05, 0) is 33.1 Å². The molecule has 4 nitrogen and oxygen atoms in total. The molecular weight excluding hydrogens is 182 g/mol. The SMILES string of the molecule is CCOC(=O)C(C)(CN)CCCCO. The van der Waals surface area contributed by atoms with Crippen LogP contribution in [0.1, 0.15) is 33.1 Å². The van der Waals surface area contributed by atoms with Gasteiger partial charge in [0.1, 0.15) is 0 Å². The molecule has 0 aliphatic rings. The smallest absolute Gasteiger partial charge is 0.313 e. The van der Waals surface area contributed by atoms with Gasteiger partial charge in [0.05, 0.1) is 12.0 Å². The van der Waals surface area contributed by atoms with Crippen molar-refractivity contribution in [3.8, 4) is 0 Å². The van der Waals surface area contributed by atoms with Crippen molar-refractivity contribution in [3.05, 3.63) is 0 Å². The first-order valence-corrected chi connectivity index (χ1v) is 5.09. The zero-order valence-corrected chi connectivity index (χ0v) is 9.08. The third-order valence-corrected chi connectivity index (χ3v) is 2.36. The van der Waals surface area contributed by atoms with Crippen LogP contribution in [0.15, 0.2) is 0 Å². The third-order valence-electron chi connectivity index (χ3n) is 2.36. The average molecular weight is 203 g/mol. The normalized spacial score (nSPS) is 14.9. The van der Waals surface area contributed by atoms with Crippen LogP contribution in [0.5, 0.6) is 0 Å². The van der Waals surface area contributed by atoms with E-state index >= 15 is 0 Å². The van der Waals surface area contributed by atoms with Gasteiger partial charge in [0, 0.05) is 13.2 Å². The molecule has 0 fully saturated rings. The highest BCUT2D eigenvalue weighted by molar-refractivity contribution is 5.76. The van der Waals surface area contributed by atoms with Crippen LogP contribution < -0.4 is 5.73 Å². The summed E-state index contributed by atoms with van der Waals surface area (Å²) in [5, 5.41) is 8.63. The Hall–Kier alpha value is -0.610. The molecule has 0 saturated heterocycles. The first kappa shape index (κ1) is 13.4. The molecule has 0 rings (SSSR count). The second kappa shape index (κ2) is 6.79. The molecular formula is C10H21NO3. The fourth-order valence-corrected chi connectivity index (χ4v) is 1.22. The summed E-state index contributed by atoms with van der Waals surface area (Å²) >= 11 is 0. The van der Waals surface area contributed by atoms with E-state index in [4.69, 9.17) is 15.6 Å². The number of rotatable bonds is 7. The number of carbonyl (C=O) groups excluding carboxylic acids is 1. The standard InChI is InChI=1S/C10H21NO3/c1-3-14-9(13)10(2,8-11)6-4-5-7-12/h12H,3-8,11H2,1-2H3. The van der Waals surface area contributed by atoms with Gasteiger partial charge in [-0.1, -0.05) is 0 Å². The maximum Gasteiger partial charge on any atom is 0.313 e. The monoisotopic (exact) mass is 203 g/mol. The van der Waals surface area contributed by atoms with Crippen molar-refractivity contribution < 1.29 is 14.6 Å². The summed E-state index contributed by atoms with van der Waals surface area (Å²) in [6.07, 6.45) is 2.17. The Morgan fingerprint density at radius 1 is 1.50 bits per heavy atom. The van der Waals surface area contributed by atoms with Gasteiger partial charge >= 0.3 is 5.97 Å². The minimum absolute atomic E-state index is 0.156. The number of hydrogen-bond acceptors (Lipinski definition) is 4. The molecule has 0 amide bonds. The molecule has 4 heteroatoms. The molecule has 1 atom stereocenters. The molecule has 0 aromatic carbocycles. The van der Waals surface area contributed by atoms with Crippen LogP contribution in [0, 0.1) is 5.41 Å². The lowest BCUT2D eigenvalue weighted by atomic mass is 9.85. The molecule has 0 bridgehead atoms. The van der Waals surface area contributed by atoms with E-state index < -0.39 is 5.41 Å². The molecule has 1 unspecified atom stereocenters. The van der Waals surface area contributed by atoms with Crippen LogP contribution in [0.25, 0.3) is 0 Å². The lowest BCUT2D eigenvalue weighted by Gasteiger charge is -2.25. The van der Waals surface area contributed by atoms with E-state index in [1.165, 1.54) is 0 Å². The topological polar surface area (TPSA) is 72.5 Å². The summed E-state index contributed by atoms with van der Waals surface area (Å²) in [6, 6.07) is 0. The summed E-state index contributed by atoms with van der Waals surface area (Å²) in [4.78, 5) is 11.5. The summed E-state index contributed by atoms with van der Waals surface area (Å²) in [7, 11) is 0. The minimum Gasteiger partial charge on any atom is -0.466 e. The Kier molecular flexibility index (Phi) is 6.49. The van der Waals surface area contributed by atoms with E-state index in [0.717, 1.165) is 6.42 Å². The van der Waals surface area contributed by atoms with Gasteiger partial charge in [0.15, 0.2) is 0 Å². The highest BCUT2D eigenvalue weighted by atomic mass is 16.5. The molecule has 0 radical (unpaired) electrons. The van der Waals surface area contributed by atoms with E-state index in [-0.39, 0.29) is 19.1 Å². The van der Waals surface area contributed by atoms with Crippen molar-refractivity contribution in [2.75, 3.05) is 19.8 Å². The van der Waals surface area contributed by atoms with E-state index in [1.807, 2.05) is 6.92 Å². The number of esters is 1. The van der Waals surface area contributed by atoms with Crippen molar-refractivity contribution in [2.24, 2.45) is 11.1 Å². The highest BCUT2D eigenvalue weighted by Gasteiger charge is 2.32. The van der Waals surface area contributed by atoms with Crippen LogP contribution in [0.4, 0.5) is 0 Å². The summed E-state index contributed by atoms with van der Waals surface area (Å²) in [5.41, 5.74) is 4.97. The molecule has 0 saturated carbocycles. The second-order valence-corrected chi connectivity index (χ2v) is 3.67. The quantitative estimate of drug-likeness (QED) is 0.471. The summed E-state index contributed by atoms with van der Waals surface area (Å²) < 4.78 is 4.95. The van der Waals surface area contributed by atoms with Crippen LogP contribution in [0.2, 0.25) is 0 Å². The number of carbonyl (C=O) groups is 1. The van der Waals surface area contributed by atoms with Gasteiger partial charge in [-0.2, -0.15) is 0 Å². The van der Waals surface area contributed by atoms with Crippen molar-refractivity contribution in [1.29, 1.82) is 0 Å². The predicted molar refractivity (Wildman–Crippen MR) is 54.7 cm³/mol. The molecule has 3 N–H and O–H groups in total. The maximum absolute atomic E-state index is 11.5. The van der Waals surface area contributed by atoms with Crippen molar-refractivity contribution in [3.63, 3.8) is 0 Å². The lowest BCUT2D eigenvalue weighted by molar-refractivity contribution is -0.154. The second-order valence-electron chi connectivity index (χ2n) is 3.67. The molecule has 0 aliphatic carbocycles. The summed E-state index contributed by atoms with van der Waals surface area (Å²) in [5.74, 6) is -0.236. The van der Waals surface area contributed by atoms with Gasteiger partial charge in [0.2, 0.25) is 0 Å². The molecule has 84 valence electrons. The van der Waals surface area contributed by atoms with E-state index in [9.17, 15) is 4.79 Å². The number of unbranched alkanes of at least 4 members (excludes halogenated alkanes) is 1. The predicted octanol–water partition coefficient (Wildman–Crippen LogP) is 0.677. The van der Waals surface area contributed by atoms with E-state index in [1.54, 1.807) is 6.92 Å². The Morgan fingerprint density at radius 2 is 2.14 bits per heavy atom. The van der Waals surface area contributed by atoms with Crippen LogP contribution in [0.3, 0.4) is 0 Å². The highest BCUT2D eigenvalue weighted by Crippen LogP contribution is 2.24. The number of aliphatic hydroxyl groups is 1.